The van der Waals surface area contributed by atoms with E-state index >= 15 is 0 Å². The molecular formula is C23H27NO3. The SMILES string of the molecule is Cc1cc2oc(C(=O)NCC(O)c3ccc(C(C)C)cc3)c(C)c2cc1C. The topological polar surface area (TPSA) is 62.5 Å². The minimum Gasteiger partial charge on any atom is -0.451 e. The third-order valence-electron chi connectivity index (χ3n) is 5.20. The summed E-state index contributed by atoms with van der Waals surface area (Å²) < 4.78 is 5.78. The average Bonchev–Trinajstić information content (AvgIpc) is 2.96. The molecule has 3 rings (SSSR count). The number of rotatable bonds is 5. The Morgan fingerprint density at radius 1 is 1.04 bits per heavy atom. The highest BCUT2D eigenvalue weighted by molar-refractivity contribution is 5.99. The fourth-order valence-corrected chi connectivity index (χ4v) is 3.18. The molecule has 0 radical (unpaired) electrons. The van der Waals surface area contributed by atoms with Crippen molar-refractivity contribution in [2.75, 3.05) is 6.54 Å². The number of carbonyl (C=O) groups is 1. The van der Waals surface area contributed by atoms with E-state index in [-0.39, 0.29) is 12.5 Å². The van der Waals surface area contributed by atoms with E-state index < -0.39 is 6.10 Å². The lowest BCUT2D eigenvalue weighted by Gasteiger charge is -2.13. The molecule has 142 valence electrons. The molecule has 0 aliphatic rings. The standard InChI is InChI=1S/C23H27NO3/c1-13(2)17-6-8-18(9-7-17)20(25)12-24-23(26)22-16(5)19-10-14(3)15(4)11-21(19)27-22/h6-11,13,20,25H,12H2,1-5H3,(H,24,26). The number of aliphatic hydroxyl groups excluding tert-OH is 1. The van der Waals surface area contributed by atoms with Gasteiger partial charge in [0.25, 0.3) is 5.91 Å². The molecule has 1 heterocycles. The van der Waals surface area contributed by atoms with Crippen molar-refractivity contribution in [3.05, 3.63) is 70.0 Å². The van der Waals surface area contributed by atoms with Gasteiger partial charge >= 0.3 is 0 Å². The fraction of sp³-hybridized carbons (Fsp3) is 0.348. The Bertz CT molecular complexity index is 967. The van der Waals surface area contributed by atoms with Gasteiger partial charge in [0.05, 0.1) is 6.10 Å². The van der Waals surface area contributed by atoms with E-state index in [4.69, 9.17) is 4.42 Å². The second-order valence-corrected chi connectivity index (χ2v) is 7.54. The maximum absolute atomic E-state index is 12.6. The number of fused-ring (bicyclic) bond motifs is 1. The Morgan fingerprint density at radius 2 is 1.63 bits per heavy atom. The molecule has 3 aromatic rings. The molecule has 0 bridgehead atoms. The summed E-state index contributed by atoms with van der Waals surface area (Å²) in [5, 5.41) is 14.1. The zero-order valence-corrected chi connectivity index (χ0v) is 16.6. The second kappa shape index (κ2) is 7.57. The predicted octanol–water partition coefficient (Wildman–Crippen LogP) is 4.94. The molecule has 0 spiro atoms. The van der Waals surface area contributed by atoms with E-state index in [2.05, 4.69) is 19.2 Å². The second-order valence-electron chi connectivity index (χ2n) is 7.54. The first-order valence-electron chi connectivity index (χ1n) is 9.34. The van der Waals surface area contributed by atoms with E-state index in [1.54, 1.807) is 0 Å². The Kier molecular flexibility index (Phi) is 5.38. The minimum absolute atomic E-state index is 0.133. The Labute approximate surface area is 160 Å². The lowest BCUT2D eigenvalue weighted by molar-refractivity contribution is 0.0890. The van der Waals surface area contributed by atoms with E-state index in [0.29, 0.717) is 17.3 Å². The minimum atomic E-state index is -0.760. The summed E-state index contributed by atoms with van der Waals surface area (Å²) in [4.78, 5) is 12.6. The number of furan rings is 1. The van der Waals surface area contributed by atoms with E-state index in [9.17, 15) is 9.90 Å². The summed E-state index contributed by atoms with van der Waals surface area (Å²) in [5.41, 5.74) is 5.83. The summed E-state index contributed by atoms with van der Waals surface area (Å²) in [7, 11) is 0. The Morgan fingerprint density at radius 3 is 2.26 bits per heavy atom. The predicted molar refractivity (Wildman–Crippen MR) is 108 cm³/mol. The monoisotopic (exact) mass is 365 g/mol. The average molecular weight is 365 g/mol. The smallest absolute Gasteiger partial charge is 0.287 e. The first-order valence-corrected chi connectivity index (χ1v) is 9.34. The summed E-state index contributed by atoms with van der Waals surface area (Å²) >= 11 is 0. The molecule has 0 saturated heterocycles. The third kappa shape index (κ3) is 3.91. The van der Waals surface area contributed by atoms with Crippen LogP contribution >= 0.6 is 0 Å². The zero-order valence-electron chi connectivity index (χ0n) is 16.6. The molecule has 4 heteroatoms. The molecule has 4 nitrogen and oxygen atoms in total. The van der Waals surface area contributed by atoms with Crippen LogP contribution in [0.1, 0.15) is 64.2 Å². The molecule has 0 saturated carbocycles. The van der Waals surface area contributed by atoms with Crippen molar-refractivity contribution >= 4 is 16.9 Å². The van der Waals surface area contributed by atoms with Gasteiger partial charge in [0.2, 0.25) is 0 Å². The van der Waals surface area contributed by atoms with Gasteiger partial charge in [0.1, 0.15) is 5.58 Å². The van der Waals surface area contributed by atoms with Gasteiger partial charge in [-0.25, -0.2) is 0 Å². The molecule has 27 heavy (non-hydrogen) atoms. The van der Waals surface area contributed by atoms with Gasteiger partial charge < -0.3 is 14.8 Å². The van der Waals surface area contributed by atoms with Gasteiger partial charge in [-0.2, -0.15) is 0 Å². The molecule has 0 aliphatic heterocycles. The molecule has 2 aromatic carbocycles. The van der Waals surface area contributed by atoms with Crippen molar-refractivity contribution in [3.63, 3.8) is 0 Å². The van der Waals surface area contributed by atoms with Gasteiger partial charge in [0.15, 0.2) is 5.76 Å². The van der Waals surface area contributed by atoms with Crippen LogP contribution in [-0.4, -0.2) is 17.6 Å². The molecule has 0 fully saturated rings. The van der Waals surface area contributed by atoms with Crippen molar-refractivity contribution in [1.29, 1.82) is 0 Å². The van der Waals surface area contributed by atoms with Gasteiger partial charge in [-0.1, -0.05) is 38.1 Å². The van der Waals surface area contributed by atoms with Gasteiger partial charge in [-0.3, -0.25) is 4.79 Å². The van der Waals surface area contributed by atoms with E-state index in [1.165, 1.54) is 11.1 Å². The van der Waals surface area contributed by atoms with Gasteiger partial charge in [0, 0.05) is 17.5 Å². The lowest BCUT2D eigenvalue weighted by Crippen LogP contribution is -2.28. The van der Waals surface area contributed by atoms with Gasteiger partial charge in [-0.05, 0) is 61.1 Å². The normalized spacial score (nSPS) is 12.6. The van der Waals surface area contributed by atoms with Crippen LogP contribution in [0.2, 0.25) is 0 Å². The summed E-state index contributed by atoms with van der Waals surface area (Å²) in [6.45, 7) is 10.3. The van der Waals surface area contributed by atoms with Crippen LogP contribution < -0.4 is 5.32 Å². The van der Waals surface area contributed by atoms with Crippen LogP contribution in [-0.2, 0) is 0 Å². The number of hydrogen-bond donors (Lipinski definition) is 2. The molecule has 1 atom stereocenters. The number of hydrogen-bond acceptors (Lipinski definition) is 3. The maximum atomic E-state index is 12.6. The van der Waals surface area contributed by atoms with Crippen molar-refractivity contribution < 1.29 is 14.3 Å². The highest BCUT2D eigenvalue weighted by Gasteiger charge is 2.19. The number of carbonyl (C=O) groups excluding carboxylic acids is 1. The lowest BCUT2D eigenvalue weighted by atomic mass is 10.00. The number of nitrogens with one attached hydrogen (secondary N) is 1. The van der Waals surface area contributed by atoms with Crippen LogP contribution in [0.4, 0.5) is 0 Å². The Hall–Kier alpha value is -2.59. The number of benzene rings is 2. The maximum Gasteiger partial charge on any atom is 0.287 e. The largest absolute Gasteiger partial charge is 0.451 e. The van der Waals surface area contributed by atoms with Crippen molar-refractivity contribution in [2.45, 2.75) is 46.6 Å². The van der Waals surface area contributed by atoms with Crippen LogP contribution in [0.15, 0.2) is 40.8 Å². The van der Waals surface area contributed by atoms with E-state index in [0.717, 1.165) is 22.1 Å². The highest BCUT2D eigenvalue weighted by Crippen LogP contribution is 2.28. The van der Waals surface area contributed by atoms with Gasteiger partial charge in [-0.15, -0.1) is 0 Å². The first kappa shape index (κ1) is 19.2. The van der Waals surface area contributed by atoms with Crippen LogP contribution in [0.3, 0.4) is 0 Å². The van der Waals surface area contributed by atoms with E-state index in [1.807, 2.05) is 57.2 Å². The van der Waals surface area contributed by atoms with Crippen molar-refractivity contribution in [2.24, 2.45) is 0 Å². The molecular weight excluding hydrogens is 338 g/mol. The van der Waals surface area contributed by atoms with Crippen LogP contribution in [0, 0.1) is 20.8 Å². The van der Waals surface area contributed by atoms with Crippen LogP contribution in [0.5, 0.6) is 0 Å². The number of aryl methyl sites for hydroxylation is 3. The fourth-order valence-electron chi connectivity index (χ4n) is 3.18. The molecule has 1 unspecified atom stereocenters. The van der Waals surface area contributed by atoms with Crippen LogP contribution in [0.25, 0.3) is 11.0 Å². The highest BCUT2D eigenvalue weighted by atomic mass is 16.3. The summed E-state index contributed by atoms with van der Waals surface area (Å²) in [6.07, 6.45) is -0.760. The van der Waals surface area contributed by atoms with Crippen molar-refractivity contribution in [3.8, 4) is 0 Å². The van der Waals surface area contributed by atoms with Crippen molar-refractivity contribution in [1.82, 2.24) is 5.32 Å². The quantitative estimate of drug-likeness (QED) is 0.673. The molecule has 1 aromatic heterocycles. The third-order valence-corrected chi connectivity index (χ3v) is 5.20. The molecule has 0 aliphatic carbocycles. The molecule has 1 amide bonds. The number of aliphatic hydroxyl groups is 1. The Balaban J connectivity index is 1.72. The molecule has 2 N–H and O–H groups in total. The number of amides is 1. The summed E-state index contributed by atoms with van der Waals surface area (Å²) in [5.74, 6) is 0.438. The zero-order chi connectivity index (χ0) is 19.7. The first-order chi connectivity index (χ1) is 12.8. The summed E-state index contributed by atoms with van der Waals surface area (Å²) in [6, 6.07) is 11.8.